The van der Waals surface area contributed by atoms with Gasteiger partial charge >= 0.3 is 11.8 Å². The topological polar surface area (TPSA) is 89.0 Å². The summed E-state index contributed by atoms with van der Waals surface area (Å²) in [4.78, 5) is 23.6. The highest BCUT2D eigenvalue weighted by Gasteiger charge is 2.13. The number of hydrazone groups is 1. The van der Waals surface area contributed by atoms with Gasteiger partial charge in [-0.3, -0.25) is 9.59 Å². The molecule has 7 heteroatoms. The minimum Gasteiger partial charge on any atom is -0.493 e. The Labute approximate surface area is 145 Å². The van der Waals surface area contributed by atoms with Crippen LogP contribution in [0, 0.1) is 6.92 Å². The summed E-state index contributed by atoms with van der Waals surface area (Å²) in [7, 11) is 3.03. The summed E-state index contributed by atoms with van der Waals surface area (Å²) in [6, 6.07) is 12.3. The highest BCUT2D eigenvalue weighted by atomic mass is 16.5. The van der Waals surface area contributed by atoms with Crippen molar-refractivity contribution in [2.75, 3.05) is 19.5 Å². The molecule has 2 rings (SSSR count). The van der Waals surface area contributed by atoms with Crippen LogP contribution in [0.5, 0.6) is 11.5 Å². The van der Waals surface area contributed by atoms with Gasteiger partial charge in [-0.2, -0.15) is 5.10 Å². The third-order valence-corrected chi connectivity index (χ3v) is 3.32. The van der Waals surface area contributed by atoms with E-state index in [4.69, 9.17) is 9.47 Å². The van der Waals surface area contributed by atoms with E-state index in [9.17, 15) is 9.59 Å². The van der Waals surface area contributed by atoms with Crippen molar-refractivity contribution < 1.29 is 19.1 Å². The number of ether oxygens (including phenoxy) is 2. The molecule has 0 saturated heterocycles. The fraction of sp³-hybridized carbons (Fsp3) is 0.167. The van der Waals surface area contributed by atoms with Crippen LogP contribution in [0.4, 0.5) is 5.69 Å². The third-order valence-electron chi connectivity index (χ3n) is 3.32. The number of carbonyl (C=O) groups excluding carboxylic acids is 2. The highest BCUT2D eigenvalue weighted by Crippen LogP contribution is 2.29. The minimum absolute atomic E-state index is 0.479. The maximum atomic E-state index is 11.8. The van der Waals surface area contributed by atoms with Crippen LogP contribution in [-0.2, 0) is 9.59 Å². The van der Waals surface area contributed by atoms with E-state index in [1.54, 1.807) is 30.3 Å². The van der Waals surface area contributed by atoms with Crippen LogP contribution < -0.4 is 20.2 Å². The number of nitrogens with one attached hydrogen (secondary N) is 2. The lowest BCUT2D eigenvalue weighted by molar-refractivity contribution is -0.136. The van der Waals surface area contributed by atoms with Gasteiger partial charge in [0.05, 0.1) is 20.4 Å². The number of hydrogen-bond acceptors (Lipinski definition) is 5. The molecule has 0 saturated carbocycles. The number of aryl methyl sites for hydroxylation is 1. The zero-order valence-corrected chi connectivity index (χ0v) is 14.2. The number of rotatable bonds is 5. The summed E-state index contributed by atoms with van der Waals surface area (Å²) in [6.45, 7) is 1.93. The SMILES string of the molecule is COc1cccc(/C=N/NC(=O)C(=O)Nc2ccc(C)cc2)c1OC. The van der Waals surface area contributed by atoms with E-state index in [1.165, 1.54) is 20.4 Å². The maximum Gasteiger partial charge on any atom is 0.329 e. The Morgan fingerprint density at radius 2 is 1.72 bits per heavy atom. The number of para-hydroxylation sites is 1. The lowest BCUT2D eigenvalue weighted by atomic mass is 10.2. The molecule has 2 aromatic rings. The number of anilines is 1. The van der Waals surface area contributed by atoms with Gasteiger partial charge in [0.25, 0.3) is 0 Å². The van der Waals surface area contributed by atoms with Gasteiger partial charge in [-0.1, -0.05) is 23.8 Å². The first-order valence-corrected chi connectivity index (χ1v) is 7.47. The highest BCUT2D eigenvalue weighted by molar-refractivity contribution is 6.39. The largest absolute Gasteiger partial charge is 0.493 e. The lowest BCUT2D eigenvalue weighted by Gasteiger charge is -2.09. The number of methoxy groups -OCH3 is 2. The van der Waals surface area contributed by atoms with E-state index in [-0.39, 0.29) is 0 Å². The summed E-state index contributed by atoms with van der Waals surface area (Å²) in [5, 5.41) is 6.27. The van der Waals surface area contributed by atoms with Crippen molar-refractivity contribution in [3.63, 3.8) is 0 Å². The summed E-state index contributed by atoms with van der Waals surface area (Å²) in [6.07, 6.45) is 1.37. The fourth-order valence-corrected chi connectivity index (χ4v) is 2.05. The summed E-state index contributed by atoms with van der Waals surface area (Å²) in [5.74, 6) is -0.667. The summed E-state index contributed by atoms with van der Waals surface area (Å²) in [5.41, 5.74) is 4.36. The van der Waals surface area contributed by atoms with E-state index in [2.05, 4.69) is 15.8 Å². The molecular formula is C18H19N3O4. The Balaban J connectivity index is 1.98. The van der Waals surface area contributed by atoms with E-state index in [0.717, 1.165) is 5.56 Å². The van der Waals surface area contributed by atoms with E-state index >= 15 is 0 Å². The average Bonchev–Trinajstić information content (AvgIpc) is 2.63. The second-order valence-electron chi connectivity index (χ2n) is 5.10. The van der Waals surface area contributed by atoms with Crippen LogP contribution in [0.1, 0.15) is 11.1 Å². The number of hydrogen-bond donors (Lipinski definition) is 2. The first-order valence-electron chi connectivity index (χ1n) is 7.47. The second kappa shape index (κ2) is 8.49. The monoisotopic (exact) mass is 341 g/mol. The first kappa shape index (κ1) is 18.0. The molecule has 0 spiro atoms. The predicted molar refractivity (Wildman–Crippen MR) is 95.1 cm³/mol. The molecule has 0 aliphatic carbocycles. The van der Waals surface area contributed by atoms with E-state index in [0.29, 0.717) is 22.7 Å². The number of carbonyl (C=O) groups is 2. The second-order valence-corrected chi connectivity index (χ2v) is 5.10. The number of amides is 2. The van der Waals surface area contributed by atoms with Crippen molar-refractivity contribution >= 4 is 23.7 Å². The molecule has 0 heterocycles. The molecule has 130 valence electrons. The quantitative estimate of drug-likeness (QED) is 0.495. The van der Waals surface area contributed by atoms with Gasteiger partial charge in [0, 0.05) is 11.3 Å². The minimum atomic E-state index is -0.876. The summed E-state index contributed by atoms with van der Waals surface area (Å²) >= 11 is 0. The molecule has 0 radical (unpaired) electrons. The van der Waals surface area contributed by atoms with Crippen molar-refractivity contribution in [1.29, 1.82) is 0 Å². The van der Waals surface area contributed by atoms with Gasteiger partial charge in [0.1, 0.15) is 0 Å². The van der Waals surface area contributed by atoms with Gasteiger partial charge in [0.15, 0.2) is 11.5 Å². The fourth-order valence-electron chi connectivity index (χ4n) is 2.05. The molecule has 0 atom stereocenters. The van der Waals surface area contributed by atoms with Crippen molar-refractivity contribution in [3.8, 4) is 11.5 Å². The van der Waals surface area contributed by atoms with E-state index in [1.807, 2.05) is 19.1 Å². The molecule has 0 fully saturated rings. The molecule has 0 unspecified atom stereocenters. The van der Waals surface area contributed by atoms with Gasteiger partial charge in [0.2, 0.25) is 0 Å². The Kier molecular flexibility index (Phi) is 6.11. The molecule has 2 N–H and O–H groups in total. The Bertz CT molecular complexity index is 785. The van der Waals surface area contributed by atoms with Crippen LogP contribution in [0.3, 0.4) is 0 Å². The van der Waals surface area contributed by atoms with Gasteiger partial charge < -0.3 is 14.8 Å². The molecule has 25 heavy (non-hydrogen) atoms. The van der Waals surface area contributed by atoms with Crippen LogP contribution in [-0.4, -0.2) is 32.2 Å². The first-order chi connectivity index (χ1) is 12.0. The zero-order valence-electron chi connectivity index (χ0n) is 14.2. The molecule has 0 aliphatic rings. The van der Waals surface area contributed by atoms with Gasteiger partial charge in [-0.15, -0.1) is 0 Å². The Morgan fingerprint density at radius 3 is 2.36 bits per heavy atom. The zero-order chi connectivity index (χ0) is 18.2. The Hall–Kier alpha value is -3.35. The number of nitrogens with zero attached hydrogens (tertiary/aromatic N) is 1. The normalized spacial score (nSPS) is 10.4. The van der Waals surface area contributed by atoms with Crippen LogP contribution >= 0.6 is 0 Å². The molecule has 2 amide bonds. The van der Waals surface area contributed by atoms with Crippen molar-refractivity contribution in [2.45, 2.75) is 6.92 Å². The molecular weight excluding hydrogens is 322 g/mol. The van der Waals surface area contributed by atoms with Gasteiger partial charge in [-0.25, -0.2) is 5.43 Å². The van der Waals surface area contributed by atoms with E-state index < -0.39 is 11.8 Å². The Morgan fingerprint density at radius 1 is 1.00 bits per heavy atom. The summed E-state index contributed by atoms with van der Waals surface area (Å²) < 4.78 is 10.4. The standard InChI is InChI=1S/C18H19N3O4/c1-12-7-9-14(10-8-12)20-17(22)18(23)21-19-11-13-5-4-6-15(24-2)16(13)25-3/h4-11H,1-3H3,(H,20,22)(H,21,23)/b19-11+. The van der Waals surface area contributed by atoms with Crippen LogP contribution in [0.2, 0.25) is 0 Å². The molecule has 2 aromatic carbocycles. The number of benzene rings is 2. The van der Waals surface area contributed by atoms with Crippen LogP contribution in [0.25, 0.3) is 0 Å². The average molecular weight is 341 g/mol. The predicted octanol–water partition coefficient (Wildman–Crippen LogP) is 2.10. The molecule has 7 nitrogen and oxygen atoms in total. The molecule has 0 aliphatic heterocycles. The van der Waals surface area contributed by atoms with Crippen molar-refractivity contribution in [3.05, 3.63) is 53.6 Å². The molecule has 0 aromatic heterocycles. The van der Waals surface area contributed by atoms with Crippen molar-refractivity contribution in [1.82, 2.24) is 5.43 Å². The van der Waals surface area contributed by atoms with Crippen molar-refractivity contribution in [2.24, 2.45) is 5.10 Å². The van der Waals surface area contributed by atoms with Gasteiger partial charge in [-0.05, 0) is 31.2 Å². The lowest BCUT2D eigenvalue weighted by Crippen LogP contribution is -2.32. The maximum absolute atomic E-state index is 11.8. The smallest absolute Gasteiger partial charge is 0.329 e. The molecule has 0 bridgehead atoms. The van der Waals surface area contributed by atoms with Crippen LogP contribution in [0.15, 0.2) is 47.6 Å². The third kappa shape index (κ3) is 4.81.